The van der Waals surface area contributed by atoms with Crippen molar-refractivity contribution in [3.63, 3.8) is 0 Å². The molecule has 0 aromatic carbocycles. The van der Waals surface area contributed by atoms with Gasteiger partial charge < -0.3 is 14.5 Å². The van der Waals surface area contributed by atoms with Gasteiger partial charge in [-0.15, -0.1) is 0 Å². The molecule has 106 valence electrons. The average Bonchev–Trinajstić information content (AvgIpc) is 2.85. The van der Waals surface area contributed by atoms with Crippen LogP contribution in [0.4, 0.5) is 0 Å². The van der Waals surface area contributed by atoms with Crippen LogP contribution in [0.25, 0.3) is 0 Å². The van der Waals surface area contributed by atoms with Crippen LogP contribution in [0.1, 0.15) is 50.7 Å². The van der Waals surface area contributed by atoms with Gasteiger partial charge in [0.15, 0.2) is 5.82 Å². The second-order valence-electron chi connectivity index (χ2n) is 5.37. The third kappa shape index (κ3) is 3.76. The lowest BCUT2D eigenvalue weighted by molar-refractivity contribution is -0.137. The molecule has 1 aliphatic rings. The second kappa shape index (κ2) is 6.14. The maximum Gasteiger partial charge on any atom is 0.303 e. The first-order valence-corrected chi connectivity index (χ1v) is 6.84. The Morgan fingerprint density at radius 3 is 3.05 bits per heavy atom. The lowest BCUT2D eigenvalue weighted by atomic mass is 9.97. The summed E-state index contributed by atoms with van der Waals surface area (Å²) in [6.07, 6.45) is 2.57. The Hall–Kier alpha value is -1.43. The van der Waals surface area contributed by atoms with Crippen molar-refractivity contribution < 1.29 is 14.4 Å². The van der Waals surface area contributed by atoms with E-state index in [0.29, 0.717) is 24.2 Å². The summed E-state index contributed by atoms with van der Waals surface area (Å²) in [7, 11) is 0. The van der Waals surface area contributed by atoms with Crippen molar-refractivity contribution in [3.05, 3.63) is 11.7 Å². The number of piperidine rings is 1. The third-order valence-corrected chi connectivity index (χ3v) is 3.58. The minimum atomic E-state index is -0.838. The molecule has 1 unspecified atom stereocenters. The van der Waals surface area contributed by atoms with Crippen LogP contribution in [0, 0.1) is 0 Å². The highest BCUT2D eigenvalue weighted by atomic mass is 16.5. The highest BCUT2D eigenvalue weighted by Crippen LogP contribution is 2.26. The molecule has 1 N–H and O–H groups in total. The molecule has 1 aromatic rings. The standard InChI is InChI=1S/C13H21N3O3/c1-9(2)16-7-3-4-10(8-16)13-14-11(15-19-13)5-6-12(17)18/h9-10H,3-8H2,1-2H3,(H,17,18). The summed E-state index contributed by atoms with van der Waals surface area (Å²) < 4.78 is 5.28. The summed E-state index contributed by atoms with van der Waals surface area (Å²) in [5, 5.41) is 12.5. The van der Waals surface area contributed by atoms with Gasteiger partial charge in [0.25, 0.3) is 0 Å². The summed E-state index contributed by atoms with van der Waals surface area (Å²) in [5.74, 6) is 0.599. The van der Waals surface area contributed by atoms with Gasteiger partial charge in [-0.1, -0.05) is 5.16 Å². The van der Waals surface area contributed by atoms with Gasteiger partial charge in [0, 0.05) is 19.0 Å². The zero-order chi connectivity index (χ0) is 13.8. The van der Waals surface area contributed by atoms with Gasteiger partial charge in [0.1, 0.15) is 0 Å². The fourth-order valence-electron chi connectivity index (χ4n) is 2.43. The van der Waals surface area contributed by atoms with E-state index in [4.69, 9.17) is 9.63 Å². The Kier molecular flexibility index (Phi) is 4.52. The van der Waals surface area contributed by atoms with E-state index in [-0.39, 0.29) is 12.3 Å². The van der Waals surface area contributed by atoms with Crippen molar-refractivity contribution in [1.82, 2.24) is 15.0 Å². The van der Waals surface area contributed by atoms with Crippen LogP contribution < -0.4 is 0 Å². The largest absolute Gasteiger partial charge is 0.481 e. The van der Waals surface area contributed by atoms with E-state index in [9.17, 15) is 4.79 Å². The van der Waals surface area contributed by atoms with Gasteiger partial charge in [-0.05, 0) is 33.2 Å². The van der Waals surface area contributed by atoms with Crippen molar-refractivity contribution in [2.24, 2.45) is 0 Å². The minimum Gasteiger partial charge on any atom is -0.481 e. The molecule has 6 heteroatoms. The molecule has 2 heterocycles. The SMILES string of the molecule is CC(C)N1CCCC(c2nc(CCC(=O)O)no2)C1. The molecule has 1 aromatic heterocycles. The van der Waals surface area contributed by atoms with E-state index < -0.39 is 5.97 Å². The molecule has 2 rings (SSSR count). The zero-order valence-electron chi connectivity index (χ0n) is 11.5. The van der Waals surface area contributed by atoms with Crippen molar-refractivity contribution >= 4 is 5.97 Å². The third-order valence-electron chi connectivity index (χ3n) is 3.58. The fourth-order valence-corrected chi connectivity index (χ4v) is 2.43. The molecule has 0 amide bonds. The summed E-state index contributed by atoms with van der Waals surface area (Å²) in [6, 6.07) is 0.525. The van der Waals surface area contributed by atoms with E-state index in [2.05, 4.69) is 28.9 Å². The summed E-state index contributed by atoms with van der Waals surface area (Å²) in [4.78, 5) is 17.3. The Bertz CT molecular complexity index is 431. The first-order chi connectivity index (χ1) is 9.06. The van der Waals surface area contributed by atoms with E-state index >= 15 is 0 Å². The normalized spacial score (nSPS) is 20.9. The van der Waals surface area contributed by atoms with Crippen LogP contribution in [0.3, 0.4) is 0 Å². The molecule has 0 aliphatic carbocycles. The van der Waals surface area contributed by atoms with E-state index in [1.165, 1.54) is 0 Å². The second-order valence-corrected chi connectivity index (χ2v) is 5.37. The number of rotatable bonds is 5. The first-order valence-electron chi connectivity index (χ1n) is 6.84. The minimum absolute atomic E-state index is 0.0434. The van der Waals surface area contributed by atoms with Crippen LogP contribution in [-0.2, 0) is 11.2 Å². The molecule has 1 aliphatic heterocycles. The van der Waals surface area contributed by atoms with Gasteiger partial charge >= 0.3 is 5.97 Å². The van der Waals surface area contributed by atoms with Gasteiger partial charge in [-0.2, -0.15) is 4.98 Å². The zero-order valence-corrected chi connectivity index (χ0v) is 11.5. The molecule has 0 saturated carbocycles. The van der Waals surface area contributed by atoms with Crippen LogP contribution in [0.15, 0.2) is 4.52 Å². The van der Waals surface area contributed by atoms with Crippen LogP contribution >= 0.6 is 0 Å². The fraction of sp³-hybridized carbons (Fsp3) is 0.769. The number of carboxylic acids is 1. The van der Waals surface area contributed by atoms with Crippen molar-refractivity contribution in [2.45, 2.75) is 51.5 Å². The number of aromatic nitrogens is 2. The van der Waals surface area contributed by atoms with Crippen LogP contribution in [-0.4, -0.2) is 45.2 Å². The predicted molar refractivity (Wildman–Crippen MR) is 68.9 cm³/mol. The lowest BCUT2D eigenvalue weighted by Crippen LogP contribution is -2.39. The smallest absolute Gasteiger partial charge is 0.303 e. The molecule has 1 fully saturated rings. The van der Waals surface area contributed by atoms with E-state index in [1.54, 1.807) is 0 Å². The predicted octanol–water partition coefficient (Wildman–Crippen LogP) is 1.67. The van der Waals surface area contributed by atoms with Gasteiger partial charge in [0.05, 0.1) is 12.3 Å². The van der Waals surface area contributed by atoms with E-state index in [0.717, 1.165) is 25.9 Å². The topological polar surface area (TPSA) is 79.5 Å². The summed E-state index contributed by atoms with van der Waals surface area (Å²) in [5.41, 5.74) is 0. The molecule has 1 atom stereocenters. The van der Waals surface area contributed by atoms with Gasteiger partial charge in [-0.25, -0.2) is 0 Å². The molecule has 0 spiro atoms. The number of likely N-dealkylation sites (tertiary alicyclic amines) is 1. The monoisotopic (exact) mass is 267 g/mol. The Balaban J connectivity index is 1.95. The first kappa shape index (κ1) is 14.0. The molecule has 6 nitrogen and oxygen atoms in total. The quantitative estimate of drug-likeness (QED) is 0.874. The Labute approximate surface area is 112 Å². The molecule has 0 radical (unpaired) electrons. The van der Waals surface area contributed by atoms with Gasteiger partial charge in [-0.3, -0.25) is 4.79 Å². The number of nitrogens with zero attached hydrogens (tertiary/aromatic N) is 3. The maximum atomic E-state index is 10.5. The van der Waals surface area contributed by atoms with E-state index in [1.807, 2.05) is 0 Å². The van der Waals surface area contributed by atoms with Crippen molar-refractivity contribution in [1.29, 1.82) is 0 Å². The number of hydrogen-bond donors (Lipinski definition) is 1. The van der Waals surface area contributed by atoms with Crippen molar-refractivity contribution in [3.8, 4) is 0 Å². The maximum absolute atomic E-state index is 10.5. The molecule has 1 saturated heterocycles. The average molecular weight is 267 g/mol. The molecule has 0 bridgehead atoms. The highest BCUT2D eigenvalue weighted by molar-refractivity contribution is 5.66. The Morgan fingerprint density at radius 2 is 2.37 bits per heavy atom. The highest BCUT2D eigenvalue weighted by Gasteiger charge is 2.27. The number of carbonyl (C=O) groups is 1. The molecular formula is C13H21N3O3. The van der Waals surface area contributed by atoms with Crippen LogP contribution in [0.2, 0.25) is 0 Å². The lowest BCUT2D eigenvalue weighted by Gasteiger charge is -2.33. The summed E-state index contributed by atoms with van der Waals surface area (Å²) >= 11 is 0. The van der Waals surface area contributed by atoms with Crippen LogP contribution in [0.5, 0.6) is 0 Å². The Morgan fingerprint density at radius 1 is 1.58 bits per heavy atom. The molecular weight excluding hydrogens is 246 g/mol. The number of aliphatic carboxylic acids is 1. The molecule has 19 heavy (non-hydrogen) atoms. The van der Waals surface area contributed by atoms with Gasteiger partial charge in [0.2, 0.25) is 5.89 Å². The number of aryl methyl sites for hydroxylation is 1. The summed E-state index contributed by atoms with van der Waals surface area (Å²) in [6.45, 7) is 6.44. The number of hydrogen-bond acceptors (Lipinski definition) is 5. The van der Waals surface area contributed by atoms with Crippen molar-refractivity contribution in [2.75, 3.05) is 13.1 Å². The number of carboxylic acid groups (broad SMARTS) is 1.